The lowest BCUT2D eigenvalue weighted by Crippen LogP contribution is -2.24. The Morgan fingerprint density at radius 2 is 2.36 bits per heavy atom. The highest BCUT2D eigenvalue weighted by molar-refractivity contribution is 6.21. The molecule has 0 radical (unpaired) electrons. The smallest absolute Gasteiger partial charge is 0.0541 e. The largest absolute Gasteiger partial charge is 0.310 e. The normalized spacial score (nSPS) is 18.1. The van der Waals surface area contributed by atoms with Gasteiger partial charge in [0.05, 0.1) is 5.69 Å². The van der Waals surface area contributed by atoms with Gasteiger partial charge in [-0.2, -0.15) is 0 Å². The molecule has 1 unspecified atom stereocenters. The van der Waals surface area contributed by atoms with E-state index in [4.69, 9.17) is 11.6 Å². The molecule has 76 valence electrons. The van der Waals surface area contributed by atoms with E-state index in [-0.39, 0.29) is 0 Å². The van der Waals surface area contributed by atoms with Crippen molar-refractivity contribution in [1.82, 2.24) is 10.3 Å². The van der Waals surface area contributed by atoms with Gasteiger partial charge in [-0.25, -0.2) is 0 Å². The zero-order valence-electron chi connectivity index (χ0n) is 8.12. The summed E-state index contributed by atoms with van der Waals surface area (Å²) in [6.45, 7) is 1.71. The van der Waals surface area contributed by atoms with Crippen molar-refractivity contribution in [3.05, 3.63) is 30.1 Å². The molecule has 1 fully saturated rings. The van der Waals surface area contributed by atoms with Crippen LogP contribution in [0.4, 0.5) is 0 Å². The quantitative estimate of drug-likeness (QED) is 0.754. The summed E-state index contributed by atoms with van der Waals surface area (Å²) < 4.78 is 0. The van der Waals surface area contributed by atoms with Crippen LogP contribution in [0.2, 0.25) is 0 Å². The number of alkyl halides is 1. The Kier molecular flexibility index (Phi) is 3.38. The van der Waals surface area contributed by atoms with E-state index < -0.39 is 0 Å². The molecule has 1 aromatic heterocycles. The van der Waals surface area contributed by atoms with Gasteiger partial charge in [0.1, 0.15) is 0 Å². The number of rotatable bonds is 5. The van der Waals surface area contributed by atoms with Crippen molar-refractivity contribution in [2.24, 2.45) is 5.92 Å². The molecule has 1 atom stereocenters. The van der Waals surface area contributed by atoms with Gasteiger partial charge in [0.25, 0.3) is 0 Å². The highest BCUT2D eigenvalue weighted by Gasteiger charge is 2.28. The van der Waals surface area contributed by atoms with E-state index in [0.717, 1.165) is 24.7 Å². The van der Waals surface area contributed by atoms with Gasteiger partial charge in [0, 0.05) is 24.7 Å². The number of nitrogens with zero attached hydrogens (tertiary/aromatic N) is 1. The first-order valence-electron chi connectivity index (χ1n) is 5.11. The second-order valence-electron chi connectivity index (χ2n) is 3.81. The van der Waals surface area contributed by atoms with Crippen LogP contribution in [0.5, 0.6) is 0 Å². The molecule has 1 aromatic rings. The molecule has 1 N–H and O–H groups in total. The SMILES string of the molecule is ClC(CNCc1ccccn1)C1CC1. The van der Waals surface area contributed by atoms with Crippen molar-refractivity contribution in [2.45, 2.75) is 24.8 Å². The number of halogens is 1. The summed E-state index contributed by atoms with van der Waals surface area (Å²) >= 11 is 6.16. The molecule has 1 heterocycles. The first kappa shape index (κ1) is 9.94. The molecule has 0 aliphatic heterocycles. The maximum absolute atomic E-state index is 6.16. The monoisotopic (exact) mass is 210 g/mol. The third kappa shape index (κ3) is 2.96. The molecule has 0 spiro atoms. The molecule has 2 nitrogen and oxygen atoms in total. The van der Waals surface area contributed by atoms with Gasteiger partial charge < -0.3 is 5.32 Å². The van der Waals surface area contributed by atoms with Crippen LogP contribution in [0.1, 0.15) is 18.5 Å². The maximum Gasteiger partial charge on any atom is 0.0541 e. The molecule has 1 aliphatic carbocycles. The zero-order valence-corrected chi connectivity index (χ0v) is 8.87. The summed E-state index contributed by atoms with van der Waals surface area (Å²) in [4.78, 5) is 4.23. The van der Waals surface area contributed by atoms with Crippen molar-refractivity contribution in [3.63, 3.8) is 0 Å². The maximum atomic E-state index is 6.16. The summed E-state index contributed by atoms with van der Waals surface area (Å²) in [5, 5.41) is 3.63. The molecule has 2 rings (SSSR count). The van der Waals surface area contributed by atoms with Crippen LogP contribution >= 0.6 is 11.6 Å². The Morgan fingerprint density at radius 3 is 3.00 bits per heavy atom. The number of nitrogens with one attached hydrogen (secondary N) is 1. The minimum Gasteiger partial charge on any atom is -0.310 e. The Balaban J connectivity index is 1.67. The first-order chi connectivity index (χ1) is 6.86. The summed E-state index contributed by atoms with van der Waals surface area (Å²) in [6.07, 6.45) is 4.43. The van der Waals surface area contributed by atoms with Crippen LogP contribution in [0.15, 0.2) is 24.4 Å². The topological polar surface area (TPSA) is 24.9 Å². The lowest BCUT2D eigenvalue weighted by molar-refractivity contribution is 0.613. The molecule has 0 saturated heterocycles. The third-order valence-electron chi connectivity index (χ3n) is 2.51. The van der Waals surface area contributed by atoms with E-state index in [2.05, 4.69) is 10.3 Å². The van der Waals surface area contributed by atoms with Crippen molar-refractivity contribution >= 4 is 11.6 Å². The van der Waals surface area contributed by atoms with E-state index in [1.807, 2.05) is 24.4 Å². The fourth-order valence-corrected chi connectivity index (χ4v) is 1.83. The van der Waals surface area contributed by atoms with E-state index in [1.165, 1.54) is 12.8 Å². The van der Waals surface area contributed by atoms with Gasteiger partial charge in [-0.3, -0.25) is 4.98 Å². The molecule has 14 heavy (non-hydrogen) atoms. The predicted molar refractivity (Wildman–Crippen MR) is 58.3 cm³/mol. The first-order valence-corrected chi connectivity index (χ1v) is 5.54. The summed E-state index contributed by atoms with van der Waals surface area (Å²) in [6, 6.07) is 5.95. The summed E-state index contributed by atoms with van der Waals surface area (Å²) in [5.74, 6) is 0.757. The summed E-state index contributed by atoms with van der Waals surface area (Å²) in [7, 11) is 0. The Bertz CT molecular complexity index is 272. The zero-order chi connectivity index (χ0) is 9.80. The van der Waals surface area contributed by atoms with Crippen LogP contribution in [0.25, 0.3) is 0 Å². The van der Waals surface area contributed by atoms with Crippen LogP contribution in [0, 0.1) is 5.92 Å². The van der Waals surface area contributed by atoms with Crippen molar-refractivity contribution < 1.29 is 0 Å². The van der Waals surface area contributed by atoms with Gasteiger partial charge >= 0.3 is 0 Å². The molecular formula is C11H15ClN2. The highest BCUT2D eigenvalue weighted by Crippen LogP contribution is 2.35. The molecule has 1 saturated carbocycles. The van der Waals surface area contributed by atoms with Gasteiger partial charge in [-0.05, 0) is 30.9 Å². The Hall–Kier alpha value is -0.600. The fraction of sp³-hybridized carbons (Fsp3) is 0.545. The van der Waals surface area contributed by atoms with E-state index in [0.29, 0.717) is 5.38 Å². The number of hydrogen-bond acceptors (Lipinski definition) is 2. The van der Waals surface area contributed by atoms with Gasteiger partial charge in [-0.15, -0.1) is 11.6 Å². The molecule has 1 aliphatic rings. The van der Waals surface area contributed by atoms with Crippen molar-refractivity contribution in [2.75, 3.05) is 6.54 Å². The molecule has 0 amide bonds. The average molecular weight is 211 g/mol. The molecular weight excluding hydrogens is 196 g/mol. The Morgan fingerprint density at radius 1 is 1.50 bits per heavy atom. The third-order valence-corrected chi connectivity index (χ3v) is 3.02. The second-order valence-corrected chi connectivity index (χ2v) is 4.37. The van der Waals surface area contributed by atoms with Gasteiger partial charge in [0.15, 0.2) is 0 Å². The number of pyridine rings is 1. The second kappa shape index (κ2) is 4.76. The predicted octanol–water partition coefficient (Wildman–Crippen LogP) is 2.19. The minimum absolute atomic E-state index is 0.304. The van der Waals surface area contributed by atoms with Gasteiger partial charge in [-0.1, -0.05) is 6.07 Å². The highest BCUT2D eigenvalue weighted by atomic mass is 35.5. The lowest BCUT2D eigenvalue weighted by atomic mass is 10.3. The van der Waals surface area contributed by atoms with E-state index in [9.17, 15) is 0 Å². The van der Waals surface area contributed by atoms with Gasteiger partial charge in [0.2, 0.25) is 0 Å². The van der Waals surface area contributed by atoms with E-state index >= 15 is 0 Å². The van der Waals surface area contributed by atoms with Crippen LogP contribution < -0.4 is 5.32 Å². The van der Waals surface area contributed by atoms with Crippen molar-refractivity contribution in [1.29, 1.82) is 0 Å². The summed E-state index contributed by atoms with van der Waals surface area (Å²) in [5.41, 5.74) is 1.08. The van der Waals surface area contributed by atoms with E-state index in [1.54, 1.807) is 0 Å². The van der Waals surface area contributed by atoms with Crippen LogP contribution in [-0.2, 0) is 6.54 Å². The number of aromatic nitrogens is 1. The van der Waals surface area contributed by atoms with Crippen LogP contribution in [-0.4, -0.2) is 16.9 Å². The number of hydrogen-bond donors (Lipinski definition) is 1. The van der Waals surface area contributed by atoms with Crippen LogP contribution in [0.3, 0.4) is 0 Å². The average Bonchev–Trinajstić information content (AvgIpc) is 3.02. The Labute approximate surface area is 89.7 Å². The van der Waals surface area contributed by atoms with Crippen molar-refractivity contribution in [3.8, 4) is 0 Å². The fourth-order valence-electron chi connectivity index (χ4n) is 1.47. The molecule has 0 bridgehead atoms. The molecule has 3 heteroatoms. The minimum atomic E-state index is 0.304. The lowest BCUT2D eigenvalue weighted by Gasteiger charge is -2.08. The molecule has 0 aromatic carbocycles. The standard InChI is InChI=1S/C11H15ClN2/c12-11(9-4-5-9)8-13-7-10-3-1-2-6-14-10/h1-3,6,9,11,13H,4-5,7-8H2.